The summed E-state index contributed by atoms with van der Waals surface area (Å²) in [7, 11) is 2.15. The second kappa shape index (κ2) is 7.59. The lowest BCUT2D eigenvalue weighted by Crippen LogP contribution is -2.27. The summed E-state index contributed by atoms with van der Waals surface area (Å²) in [5.41, 5.74) is 2.22. The van der Waals surface area contributed by atoms with E-state index in [0.29, 0.717) is 18.0 Å². The Morgan fingerprint density at radius 2 is 1.95 bits per heavy atom. The number of thiazole rings is 1. The molecule has 0 bridgehead atoms. The smallest absolute Gasteiger partial charge is 0.110 e. The molecule has 114 valence electrons. The van der Waals surface area contributed by atoms with Crippen LogP contribution in [0.25, 0.3) is 0 Å². The molecule has 0 saturated heterocycles. The molecule has 2 unspecified atom stereocenters. The van der Waals surface area contributed by atoms with Gasteiger partial charge in [0, 0.05) is 16.4 Å². The van der Waals surface area contributed by atoms with Gasteiger partial charge in [0.25, 0.3) is 0 Å². The van der Waals surface area contributed by atoms with Crippen molar-refractivity contribution in [3.8, 4) is 0 Å². The van der Waals surface area contributed by atoms with Crippen molar-refractivity contribution in [3.63, 3.8) is 0 Å². The number of benzene rings is 1. The summed E-state index contributed by atoms with van der Waals surface area (Å²) < 4.78 is 0. The summed E-state index contributed by atoms with van der Waals surface area (Å²) in [4.78, 5) is 7.00. The first kappa shape index (κ1) is 16.8. The van der Waals surface area contributed by atoms with E-state index in [9.17, 15) is 0 Å². The lowest BCUT2D eigenvalue weighted by Gasteiger charge is -2.31. The highest BCUT2D eigenvalue weighted by Crippen LogP contribution is 2.33. The zero-order valence-corrected chi connectivity index (χ0v) is 14.8. The van der Waals surface area contributed by atoms with E-state index in [0.717, 1.165) is 22.1 Å². The number of halogens is 2. The maximum absolute atomic E-state index is 5.97. The van der Waals surface area contributed by atoms with Crippen LogP contribution in [0.5, 0.6) is 0 Å². The molecule has 0 amide bonds. The Labute approximate surface area is 140 Å². The van der Waals surface area contributed by atoms with Crippen LogP contribution >= 0.6 is 34.5 Å². The maximum Gasteiger partial charge on any atom is 0.110 e. The van der Waals surface area contributed by atoms with Crippen molar-refractivity contribution >= 4 is 34.5 Å². The van der Waals surface area contributed by atoms with Crippen molar-refractivity contribution < 1.29 is 0 Å². The Bertz CT molecular complexity index is 568. The molecule has 1 heterocycles. The van der Waals surface area contributed by atoms with Crippen LogP contribution in [0.4, 0.5) is 0 Å². The Hall–Kier alpha value is -0.610. The van der Waals surface area contributed by atoms with Gasteiger partial charge < -0.3 is 0 Å². The molecule has 5 heteroatoms. The van der Waals surface area contributed by atoms with Gasteiger partial charge in [-0.3, -0.25) is 4.90 Å². The second-order valence-electron chi connectivity index (χ2n) is 5.13. The van der Waals surface area contributed by atoms with E-state index in [1.54, 1.807) is 11.3 Å². The summed E-state index contributed by atoms with van der Waals surface area (Å²) in [6, 6.07) is 8.66. The number of aromatic nitrogens is 1. The standard InChI is InChI=1S/C16H20Cl2N2S/c1-4-15(16-19-14(9-17)10-21-16)20(3)11(2)12-5-7-13(18)8-6-12/h5-8,10-11,15H,4,9H2,1-3H3. The van der Waals surface area contributed by atoms with Crippen molar-refractivity contribution in [3.05, 3.63) is 50.9 Å². The Morgan fingerprint density at radius 3 is 2.48 bits per heavy atom. The topological polar surface area (TPSA) is 16.1 Å². The van der Waals surface area contributed by atoms with Crippen molar-refractivity contribution in [2.75, 3.05) is 7.05 Å². The number of alkyl halides is 1. The zero-order chi connectivity index (χ0) is 15.4. The van der Waals surface area contributed by atoms with Crippen molar-refractivity contribution in [2.24, 2.45) is 0 Å². The predicted molar refractivity (Wildman–Crippen MR) is 92.3 cm³/mol. The molecule has 1 aromatic carbocycles. The lowest BCUT2D eigenvalue weighted by molar-refractivity contribution is 0.180. The normalized spacial score (nSPS) is 14.4. The quantitative estimate of drug-likeness (QED) is 0.627. The van der Waals surface area contributed by atoms with Gasteiger partial charge >= 0.3 is 0 Å². The summed E-state index contributed by atoms with van der Waals surface area (Å²) in [6.07, 6.45) is 1.02. The van der Waals surface area contributed by atoms with Crippen LogP contribution in [-0.2, 0) is 5.88 Å². The lowest BCUT2D eigenvalue weighted by atomic mass is 10.0. The summed E-state index contributed by atoms with van der Waals surface area (Å²) in [6.45, 7) is 4.40. The fourth-order valence-electron chi connectivity index (χ4n) is 2.42. The average Bonchev–Trinajstić information content (AvgIpc) is 2.96. The predicted octanol–water partition coefficient (Wildman–Crippen LogP) is 5.68. The number of rotatable bonds is 6. The summed E-state index contributed by atoms with van der Waals surface area (Å²) >= 11 is 13.5. The van der Waals surface area contributed by atoms with Crippen LogP contribution in [-0.4, -0.2) is 16.9 Å². The maximum atomic E-state index is 5.97. The van der Waals surface area contributed by atoms with Crippen molar-refractivity contribution in [1.29, 1.82) is 0 Å². The van der Waals surface area contributed by atoms with Gasteiger partial charge in [-0.1, -0.05) is 30.7 Å². The van der Waals surface area contributed by atoms with Crippen LogP contribution < -0.4 is 0 Å². The fourth-order valence-corrected chi connectivity index (χ4v) is 3.83. The van der Waals surface area contributed by atoms with Crippen molar-refractivity contribution in [2.45, 2.75) is 38.2 Å². The highest BCUT2D eigenvalue weighted by Gasteiger charge is 2.23. The third kappa shape index (κ3) is 3.98. The number of hydrogen-bond acceptors (Lipinski definition) is 3. The molecule has 0 saturated carbocycles. The van der Waals surface area contributed by atoms with Gasteiger partial charge in [-0.25, -0.2) is 4.98 Å². The van der Waals surface area contributed by atoms with E-state index in [2.05, 4.69) is 42.9 Å². The first-order valence-corrected chi connectivity index (χ1v) is 8.83. The molecule has 2 atom stereocenters. The number of nitrogens with zero attached hydrogens (tertiary/aromatic N) is 2. The SMILES string of the molecule is CCC(c1nc(CCl)cs1)N(C)C(C)c1ccc(Cl)cc1. The molecule has 0 spiro atoms. The van der Waals surface area contributed by atoms with Gasteiger partial charge in [0.15, 0.2) is 0 Å². The monoisotopic (exact) mass is 342 g/mol. The molecule has 2 aromatic rings. The van der Waals surface area contributed by atoms with Crippen molar-refractivity contribution in [1.82, 2.24) is 9.88 Å². The molecule has 0 fully saturated rings. The summed E-state index contributed by atoms with van der Waals surface area (Å²) in [5.74, 6) is 0.476. The minimum absolute atomic E-state index is 0.301. The van der Waals surface area contributed by atoms with Gasteiger partial charge in [-0.2, -0.15) is 0 Å². The van der Waals surface area contributed by atoms with Gasteiger partial charge in [-0.05, 0) is 38.1 Å². The summed E-state index contributed by atoms with van der Waals surface area (Å²) in [5, 5.41) is 3.95. The van der Waals surface area contributed by atoms with Gasteiger partial charge in [0.05, 0.1) is 17.6 Å². The molecule has 1 aromatic heterocycles. The Morgan fingerprint density at radius 1 is 1.29 bits per heavy atom. The highest BCUT2D eigenvalue weighted by molar-refractivity contribution is 7.09. The molecule has 0 aliphatic carbocycles. The van der Waals surface area contributed by atoms with Gasteiger partial charge in [-0.15, -0.1) is 22.9 Å². The largest absolute Gasteiger partial charge is 0.290 e. The third-order valence-corrected chi connectivity index (χ3v) is 5.35. The first-order valence-electron chi connectivity index (χ1n) is 7.04. The molecule has 0 N–H and O–H groups in total. The van der Waals surface area contributed by atoms with Gasteiger partial charge in [0.2, 0.25) is 0 Å². The third-order valence-electron chi connectivity index (χ3n) is 3.83. The van der Waals surface area contributed by atoms with Crippen LogP contribution in [0.2, 0.25) is 5.02 Å². The molecular formula is C16H20Cl2N2S. The fraction of sp³-hybridized carbons (Fsp3) is 0.438. The molecular weight excluding hydrogens is 323 g/mol. The number of hydrogen-bond donors (Lipinski definition) is 0. The molecule has 2 rings (SSSR count). The van der Waals surface area contributed by atoms with Crippen LogP contribution in [0, 0.1) is 0 Å². The minimum Gasteiger partial charge on any atom is -0.290 e. The average molecular weight is 343 g/mol. The Kier molecular flexibility index (Phi) is 6.06. The molecule has 0 radical (unpaired) electrons. The van der Waals surface area contributed by atoms with Gasteiger partial charge in [0.1, 0.15) is 5.01 Å². The Balaban J connectivity index is 2.18. The van der Waals surface area contributed by atoms with Crippen LogP contribution in [0.3, 0.4) is 0 Å². The molecule has 2 nitrogen and oxygen atoms in total. The van der Waals surface area contributed by atoms with E-state index in [1.807, 2.05) is 17.5 Å². The molecule has 0 aliphatic heterocycles. The molecule has 21 heavy (non-hydrogen) atoms. The van der Waals surface area contributed by atoms with E-state index < -0.39 is 0 Å². The van der Waals surface area contributed by atoms with E-state index in [-0.39, 0.29) is 0 Å². The van der Waals surface area contributed by atoms with Crippen LogP contribution in [0.1, 0.15) is 48.6 Å². The zero-order valence-electron chi connectivity index (χ0n) is 12.5. The van der Waals surface area contributed by atoms with Crippen LogP contribution in [0.15, 0.2) is 29.6 Å². The highest BCUT2D eigenvalue weighted by atomic mass is 35.5. The first-order chi connectivity index (χ1) is 10.1. The van der Waals surface area contributed by atoms with E-state index >= 15 is 0 Å². The van der Waals surface area contributed by atoms with E-state index in [4.69, 9.17) is 23.2 Å². The molecule has 0 aliphatic rings. The van der Waals surface area contributed by atoms with E-state index in [1.165, 1.54) is 5.56 Å². The minimum atomic E-state index is 0.301. The second-order valence-corrected chi connectivity index (χ2v) is 6.72.